The summed E-state index contributed by atoms with van der Waals surface area (Å²) >= 11 is 0. The average molecular weight is 588 g/mol. The van der Waals surface area contributed by atoms with Gasteiger partial charge in [-0.25, -0.2) is 8.42 Å². The predicted molar refractivity (Wildman–Crippen MR) is 160 cm³/mol. The Morgan fingerprint density at radius 1 is 0.810 bits per heavy atom. The predicted octanol–water partition coefficient (Wildman–Crippen LogP) is 3.75. The fourth-order valence-corrected chi connectivity index (χ4v) is 5.48. The quantitative estimate of drug-likeness (QED) is 0.217. The maximum atomic E-state index is 13.3. The molecule has 0 aliphatic carbocycles. The normalized spacial score (nSPS) is 12.7. The highest BCUT2D eigenvalue weighted by Crippen LogP contribution is 2.18. The SMILES string of the molecule is Cc1ccc(S(=O)(=O)N[C@@H](CC(=O)OCc2ccccc2)C(=O)N[C@@H](C)C(=O)NCc2cccc3ccccc23)cc1. The summed E-state index contributed by atoms with van der Waals surface area (Å²) in [4.78, 5) is 38.7. The van der Waals surface area contributed by atoms with Crippen molar-refractivity contribution in [3.8, 4) is 0 Å². The van der Waals surface area contributed by atoms with E-state index in [-0.39, 0.29) is 18.0 Å². The van der Waals surface area contributed by atoms with Gasteiger partial charge >= 0.3 is 5.97 Å². The number of sulfonamides is 1. The van der Waals surface area contributed by atoms with E-state index in [0.717, 1.165) is 27.5 Å². The van der Waals surface area contributed by atoms with E-state index in [1.165, 1.54) is 19.1 Å². The molecule has 0 bridgehead atoms. The second-order valence-corrected chi connectivity index (χ2v) is 11.6. The van der Waals surface area contributed by atoms with E-state index < -0.39 is 46.3 Å². The van der Waals surface area contributed by atoms with Gasteiger partial charge < -0.3 is 15.4 Å². The summed E-state index contributed by atoms with van der Waals surface area (Å²) in [6.07, 6.45) is -0.575. The molecule has 4 rings (SSSR count). The standard InChI is InChI=1S/C32H33N3O6S/c1-22-15-17-27(18-16-22)42(39,40)35-29(19-30(36)41-21-24-9-4-3-5-10-24)32(38)34-23(2)31(37)33-20-26-13-8-12-25-11-6-7-14-28(25)26/h3-18,23,29,35H,19-21H2,1-2H3,(H,33,37)(H,34,38)/t23-,29-/m0/s1. The molecule has 2 atom stereocenters. The maximum absolute atomic E-state index is 13.3. The first-order chi connectivity index (χ1) is 20.1. The Hall–Kier alpha value is -4.54. The van der Waals surface area contributed by atoms with Crippen LogP contribution in [0.4, 0.5) is 0 Å². The van der Waals surface area contributed by atoms with Gasteiger partial charge in [-0.2, -0.15) is 4.72 Å². The van der Waals surface area contributed by atoms with Crippen molar-refractivity contribution in [3.63, 3.8) is 0 Å². The van der Waals surface area contributed by atoms with Crippen LogP contribution in [-0.2, 0) is 42.3 Å². The van der Waals surface area contributed by atoms with Gasteiger partial charge in [0.05, 0.1) is 11.3 Å². The van der Waals surface area contributed by atoms with Gasteiger partial charge in [0.15, 0.2) is 0 Å². The second-order valence-electron chi connectivity index (χ2n) is 9.92. The van der Waals surface area contributed by atoms with Gasteiger partial charge in [-0.1, -0.05) is 90.5 Å². The lowest BCUT2D eigenvalue weighted by Crippen LogP contribution is -2.53. The fourth-order valence-electron chi connectivity index (χ4n) is 4.29. The van der Waals surface area contributed by atoms with Crippen LogP contribution in [0.2, 0.25) is 0 Å². The van der Waals surface area contributed by atoms with Crippen LogP contribution in [0.3, 0.4) is 0 Å². The molecule has 42 heavy (non-hydrogen) atoms. The lowest BCUT2D eigenvalue weighted by Gasteiger charge is -2.21. The molecule has 0 aliphatic heterocycles. The number of aryl methyl sites for hydroxylation is 1. The van der Waals surface area contributed by atoms with Gasteiger partial charge in [0, 0.05) is 6.54 Å². The van der Waals surface area contributed by atoms with Crippen LogP contribution >= 0.6 is 0 Å². The zero-order chi connectivity index (χ0) is 30.1. The molecule has 4 aromatic rings. The van der Waals surface area contributed by atoms with Gasteiger partial charge in [-0.05, 0) is 47.9 Å². The molecule has 218 valence electrons. The van der Waals surface area contributed by atoms with E-state index in [0.29, 0.717) is 0 Å². The Labute approximate surface area is 245 Å². The van der Waals surface area contributed by atoms with Crippen molar-refractivity contribution < 1.29 is 27.5 Å². The zero-order valence-electron chi connectivity index (χ0n) is 23.4. The number of benzene rings is 4. The zero-order valence-corrected chi connectivity index (χ0v) is 24.2. The van der Waals surface area contributed by atoms with Crippen LogP contribution in [-0.4, -0.2) is 38.3 Å². The first-order valence-corrected chi connectivity index (χ1v) is 14.9. The van der Waals surface area contributed by atoms with Crippen molar-refractivity contribution in [2.75, 3.05) is 0 Å². The molecule has 0 unspecified atom stereocenters. The molecule has 3 N–H and O–H groups in total. The highest BCUT2D eigenvalue weighted by atomic mass is 32.2. The van der Waals surface area contributed by atoms with Crippen LogP contribution in [0, 0.1) is 6.92 Å². The minimum Gasteiger partial charge on any atom is -0.461 e. The minimum atomic E-state index is -4.18. The third-order valence-electron chi connectivity index (χ3n) is 6.64. The summed E-state index contributed by atoms with van der Waals surface area (Å²) in [5.41, 5.74) is 2.50. The highest BCUT2D eigenvalue weighted by molar-refractivity contribution is 7.89. The molecule has 4 aromatic carbocycles. The van der Waals surface area contributed by atoms with Crippen molar-refractivity contribution in [1.29, 1.82) is 0 Å². The largest absolute Gasteiger partial charge is 0.461 e. The van der Waals surface area contributed by atoms with Crippen LogP contribution in [0.25, 0.3) is 10.8 Å². The van der Waals surface area contributed by atoms with Crippen molar-refractivity contribution in [2.24, 2.45) is 0 Å². The van der Waals surface area contributed by atoms with E-state index in [9.17, 15) is 22.8 Å². The molecule has 0 radical (unpaired) electrons. The highest BCUT2D eigenvalue weighted by Gasteiger charge is 2.30. The molecule has 0 aliphatic rings. The summed E-state index contributed by atoms with van der Waals surface area (Å²) in [7, 11) is -4.18. The fraction of sp³-hybridized carbons (Fsp3) is 0.219. The Kier molecular flexibility index (Phi) is 10.1. The Bertz CT molecular complexity index is 1650. The number of fused-ring (bicyclic) bond motifs is 1. The Balaban J connectivity index is 1.43. The van der Waals surface area contributed by atoms with Crippen LogP contribution in [0.15, 0.2) is 102 Å². The summed E-state index contributed by atoms with van der Waals surface area (Å²) in [6.45, 7) is 3.49. The molecule has 0 saturated heterocycles. The lowest BCUT2D eigenvalue weighted by molar-refractivity contribution is -0.147. The number of esters is 1. The van der Waals surface area contributed by atoms with E-state index in [2.05, 4.69) is 15.4 Å². The first-order valence-electron chi connectivity index (χ1n) is 13.5. The van der Waals surface area contributed by atoms with Crippen molar-refractivity contribution in [3.05, 3.63) is 114 Å². The van der Waals surface area contributed by atoms with Gasteiger partial charge in [-0.15, -0.1) is 0 Å². The summed E-state index contributed by atoms with van der Waals surface area (Å²) < 4.78 is 33.8. The summed E-state index contributed by atoms with van der Waals surface area (Å²) in [6, 6.07) is 26.1. The number of amides is 2. The van der Waals surface area contributed by atoms with E-state index in [1.807, 2.05) is 55.5 Å². The summed E-state index contributed by atoms with van der Waals surface area (Å²) in [5.74, 6) is -2.09. The van der Waals surface area contributed by atoms with Gasteiger partial charge in [-0.3, -0.25) is 14.4 Å². The Morgan fingerprint density at radius 3 is 2.21 bits per heavy atom. The lowest BCUT2D eigenvalue weighted by atomic mass is 10.0. The minimum absolute atomic E-state index is 0.0360. The number of hydrogen-bond donors (Lipinski definition) is 3. The number of carbonyl (C=O) groups is 3. The van der Waals surface area contributed by atoms with E-state index in [1.54, 1.807) is 36.4 Å². The second kappa shape index (κ2) is 13.9. The van der Waals surface area contributed by atoms with Crippen LogP contribution < -0.4 is 15.4 Å². The number of nitrogens with one attached hydrogen (secondary N) is 3. The van der Waals surface area contributed by atoms with Crippen LogP contribution in [0.1, 0.15) is 30.0 Å². The number of hydrogen-bond acceptors (Lipinski definition) is 6. The van der Waals surface area contributed by atoms with Crippen molar-refractivity contribution in [1.82, 2.24) is 15.4 Å². The molecule has 0 spiro atoms. The Morgan fingerprint density at radius 2 is 1.48 bits per heavy atom. The molecular formula is C32H33N3O6S. The molecule has 9 nitrogen and oxygen atoms in total. The van der Waals surface area contributed by atoms with Crippen molar-refractivity contribution >= 4 is 38.6 Å². The topological polar surface area (TPSA) is 131 Å². The van der Waals surface area contributed by atoms with E-state index >= 15 is 0 Å². The smallest absolute Gasteiger partial charge is 0.308 e. The van der Waals surface area contributed by atoms with Gasteiger partial charge in [0.1, 0.15) is 18.7 Å². The van der Waals surface area contributed by atoms with Gasteiger partial charge in [0.25, 0.3) is 0 Å². The van der Waals surface area contributed by atoms with E-state index in [4.69, 9.17) is 4.74 Å². The third kappa shape index (κ3) is 8.25. The molecule has 10 heteroatoms. The monoisotopic (exact) mass is 587 g/mol. The molecule has 2 amide bonds. The molecule has 0 fully saturated rings. The number of ether oxygens (including phenoxy) is 1. The summed E-state index contributed by atoms with van der Waals surface area (Å²) in [5, 5.41) is 7.37. The molecule has 0 saturated carbocycles. The first kappa shape index (κ1) is 30.4. The average Bonchev–Trinajstić information content (AvgIpc) is 2.99. The number of carbonyl (C=O) groups excluding carboxylic acids is 3. The maximum Gasteiger partial charge on any atom is 0.308 e. The molecule has 0 aromatic heterocycles. The number of rotatable bonds is 12. The van der Waals surface area contributed by atoms with Crippen LogP contribution in [0.5, 0.6) is 0 Å². The van der Waals surface area contributed by atoms with Gasteiger partial charge in [0.2, 0.25) is 21.8 Å². The van der Waals surface area contributed by atoms with Crippen molar-refractivity contribution in [2.45, 2.75) is 50.4 Å². The molecular weight excluding hydrogens is 554 g/mol. The molecule has 0 heterocycles. The third-order valence-corrected chi connectivity index (χ3v) is 8.13.